The molecule has 0 heterocycles. The van der Waals surface area contributed by atoms with E-state index < -0.39 is 5.41 Å². The van der Waals surface area contributed by atoms with E-state index in [1.807, 2.05) is 6.92 Å². The molecule has 0 spiro atoms. The molecular weight excluding hydrogens is 188 g/mol. The molecule has 0 aromatic heterocycles. The van der Waals surface area contributed by atoms with E-state index in [9.17, 15) is 9.59 Å². The highest BCUT2D eigenvalue weighted by Gasteiger charge is 2.30. The van der Waals surface area contributed by atoms with E-state index in [0.29, 0.717) is 6.29 Å². The molecule has 0 rings (SSSR count). The highest BCUT2D eigenvalue weighted by molar-refractivity contribution is 6.27. The summed E-state index contributed by atoms with van der Waals surface area (Å²) >= 11 is 0. The lowest BCUT2D eigenvalue weighted by Gasteiger charge is -2.25. The molecule has 0 bridgehead atoms. The predicted octanol–water partition coefficient (Wildman–Crippen LogP) is 3.53. The molecule has 2 heteroatoms. The molecule has 88 valence electrons. The van der Waals surface area contributed by atoms with Gasteiger partial charge < -0.3 is 0 Å². The summed E-state index contributed by atoms with van der Waals surface area (Å²) in [6.07, 6.45) is 7.67. The zero-order valence-electron chi connectivity index (χ0n) is 10.3. The summed E-state index contributed by atoms with van der Waals surface area (Å²) in [5.74, 6) is -0.216. The molecule has 0 amide bonds. The first-order chi connectivity index (χ1) is 7.10. The summed E-state index contributed by atoms with van der Waals surface area (Å²) in [5, 5.41) is 0. The van der Waals surface area contributed by atoms with Crippen LogP contribution in [-0.2, 0) is 9.59 Å². The second-order valence-electron chi connectivity index (χ2n) is 4.60. The fraction of sp³-hybridized carbons (Fsp3) is 0.846. The minimum Gasteiger partial charge on any atom is -0.295 e. The van der Waals surface area contributed by atoms with Crippen molar-refractivity contribution in [1.82, 2.24) is 0 Å². The average molecular weight is 212 g/mol. The molecule has 0 fully saturated rings. The zero-order valence-corrected chi connectivity index (χ0v) is 10.3. The summed E-state index contributed by atoms with van der Waals surface area (Å²) < 4.78 is 0. The van der Waals surface area contributed by atoms with Crippen molar-refractivity contribution in [1.29, 1.82) is 0 Å². The number of hydrogen-bond acceptors (Lipinski definition) is 2. The number of Topliss-reactive ketones (excluding diaryl/α,β-unsaturated/α-hetero) is 1. The summed E-state index contributed by atoms with van der Waals surface area (Å²) in [5.41, 5.74) is -0.396. The lowest BCUT2D eigenvalue weighted by molar-refractivity contribution is -0.136. The second-order valence-corrected chi connectivity index (χ2v) is 4.60. The van der Waals surface area contributed by atoms with Crippen LogP contribution in [0.25, 0.3) is 0 Å². The Bertz CT molecular complexity index is 199. The number of carbonyl (C=O) groups excluding carboxylic acids is 2. The molecule has 0 aromatic carbocycles. The van der Waals surface area contributed by atoms with E-state index in [2.05, 4.69) is 13.8 Å². The van der Waals surface area contributed by atoms with Crippen molar-refractivity contribution in [2.75, 3.05) is 0 Å². The van der Waals surface area contributed by atoms with Crippen LogP contribution in [0.5, 0.6) is 0 Å². The minimum absolute atomic E-state index is 0.216. The number of ketones is 1. The number of aldehydes is 1. The molecule has 0 aliphatic rings. The van der Waals surface area contributed by atoms with Crippen LogP contribution in [0.1, 0.15) is 65.7 Å². The Morgan fingerprint density at radius 2 is 1.60 bits per heavy atom. The van der Waals surface area contributed by atoms with Gasteiger partial charge in [0.25, 0.3) is 0 Å². The van der Waals surface area contributed by atoms with Crippen LogP contribution in [0.3, 0.4) is 0 Å². The third-order valence-corrected chi connectivity index (χ3v) is 3.12. The first-order valence-electron chi connectivity index (χ1n) is 6.10. The van der Waals surface area contributed by atoms with E-state index in [-0.39, 0.29) is 5.78 Å². The van der Waals surface area contributed by atoms with Gasteiger partial charge in [0.2, 0.25) is 5.78 Å². The van der Waals surface area contributed by atoms with Crippen molar-refractivity contribution in [2.24, 2.45) is 5.41 Å². The second kappa shape index (κ2) is 7.61. The number of rotatable bonds is 9. The van der Waals surface area contributed by atoms with E-state index in [1.54, 1.807) is 0 Å². The van der Waals surface area contributed by atoms with Crippen molar-refractivity contribution >= 4 is 12.1 Å². The van der Waals surface area contributed by atoms with Crippen LogP contribution in [0.4, 0.5) is 0 Å². The number of carbonyl (C=O) groups is 2. The third kappa shape index (κ3) is 5.10. The van der Waals surface area contributed by atoms with E-state index in [0.717, 1.165) is 44.9 Å². The van der Waals surface area contributed by atoms with Gasteiger partial charge in [-0.3, -0.25) is 9.59 Å². The first kappa shape index (κ1) is 14.3. The van der Waals surface area contributed by atoms with E-state index in [1.165, 1.54) is 0 Å². The van der Waals surface area contributed by atoms with Crippen molar-refractivity contribution in [3.05, 3.63) is 0 Å². The van der Waals surface area contributed by atoms with Crippen LogP contribution >= 0.6 is 0 Å². The molecule has 0 aliphatic carbocycles. The largest absolute Gasteiger partial charge is 0.295 e. The molecule has 2 nitrogen and oxygen atoms in total. The van der Waals surface area contributed by atoms with Crippen LogP contribution in [-0.4, -0.2) is 12.1 Å². The SMILES string of the molecule is CCCCCC(C)(CCCC)C(=O)C=O. The number of unbranched alkanes of at least 4 members (excludes halogenated alkanes) is 3. The third-order valence-electron chi connectivity index (χ3n) is 3.12. The standard InChI is InChI=1S/C13H24O2/c1-4-6-8-10-13(3,9-7-5-2)12(15)11-14/h11H,4-10H2,1-3H3. The lowest BCUT2D eigenvalue weighted by Crippen LogP contribution is -2.28. The smallest absolute Gasteiger partial charge is 0.201 e. The highest BCUT2D eigenvalue weighted by atomic mass is 16.2. The Morgan fingerprint density at radius 1 is 1.07 bits per heavy atom. The monoisotopic (exact) mass is 212 g/mol. The van der Waals surface area contributed by atoms with Gasteiger partial charge in [-0.05, 0) is 12.8 Å². The van der Waals surface area contributed by atoms with E-state index >= 15 is 0 Å². The molecule has 15 heavy (non-hydrogen) atoms. The molecule has 0 aliphatic heterocycles. The van der Waals surface area contributed by atoms with Gasteiger partial charge in [0.15, 0.2) is 6.29 Å². The quantitative estimate of drug-likeness (QED) is 0.333. The van der Waals surface area contributed by atoms with Gasteiger partial charge in [-0.2, -0.15) is 0 Å². The summed E-state index contributed by atoms with van der Waals surface area (Å²) in [6.45, 7) is 6.19. The molecular formula is C13H24O2. The van der Waals surface area contributed by atoms with Crippen LogP contribution in [0.15, 0.2) is 0 Å². The highest BCUT2D eigenvalue weighted by Crippen LogP contribution is 2.31. The molecule has 0 aromatic rings. The normalized spacial score (nSPS) is 14.6. The van der Waals surface area contributed by atoms with Crippen LogP contribution < -0.4 is 0 Å². The molecule has 0 saturated carbocycles. The van der Waals surface area contributed by atoms with Gasteiger partial charge in [-0.1, -0.05) is 52.9 Å². The minimum atomic E-state index is -0.396. The number of hydrogen-bond donors (Lipinski definition) is 0. The van der Waals surface area contributed by atoms with Gasteiger partial charge in [-0.15, -0.1) is 0 Å². The lowest BCUT2D eigenvalue weighted by atomic mass is 9.77. The summed E-state index contributed by atoms with van der Waals surface area (Å²) in [6, 6.07) is 0. The van der Waals surface area contributed by atoms with Crippen LogP contribution in [0, 0.1) is 5.41 Å². The molecule has 0 saturated heterocycles. The fourth-order valence-corrected chi connectivity index (χ4v) is 1.85. The maximum Gasteiger partial charge on any atom is 0.201 e. The zero-order chi connectivity index (χ0) is 11.7. The maximum absolute atomic E-state index is 11.6. The van der Waals surface area contributed by atoms with E-state index in [4.69, 9.17) is 0 Å². The fourth-order valence-electron chi connectivity index (χ4n) is 1.85. The van der Waals surface area contributed by atoms with Crippen molar-refractivity contribution in [2.45, 2.75) is 65.7 Å². The summed E-state index contributed by atoms with van der Waals surface area (Å²) in [7, 11) is 0. The topological polar surface area (TPSA) is 34.1 Å². The van der Waals surface area contributed by atoms with Gasteiger partial charge in [0, 0.05) is 5.41 Å². The molecule has 1 unspecified atom stereocenters. The molecule has 1 atom stereocenters. The Morgan fingerprint density at radius 3 is 2.07 bits per heavy atom. The Kier molecular flexibility index (Phi) is 7.27. The summed E-state index contributed by atoms with van der Waals surface area (Å²) in [4.78, 5) is 22.2. The maximum atomic E-state index is 11.6. The van der Waals surface area contributed by atoms with Crippen molar-refractivity contribution in [3.8, 4) is 0 Å². The van der Waals surface area contributed by atoms with Gasteiger partial charge in [0.05, 0.1) is 0 Å². The van der Waals surface area contributed by atoms with Crippen molar-refractivity contribution in [3.63, 3.8) is 0 Å². The van der Waals surface area contributed by atoms with Crippen LogP contribution in [0.2, 0.25) is 0 Å². The van der Waals surface area contributed by atoms with Gasteiger partial charge >= 0.3 is 0 Å². The molecule has 0 radical (unpaired) electrons. The first-order valence-corrected chi connectivity index (χ1v) is 6.10. The van der Waals surface area contributed by atoms with Gasteiger partial charge in [-0.25, -0.2) is 0 Å². The van der Waals surface area contributed by atoms with Gasteiger partial charge in [0.1, 0.15) is 0 Å². The molecule has 0 N–H and O–H groups in total. The Labute approximate surface area is 93.4 Å². The van der Waals surface area contributed by atoms with Crippen molar-refractivity contribution < 1.29 is 9.59 Å². The predicted molar refractivity (Wildman–Crippen MR) is 62.8 cm³/mol. The average Bonchev–Trinajstić information content (AvgIpc) is 2.25. The Hall–Kier alpha value is -0.660. The Balaban J connectivity index is 4.26.